The standard InChI is InChI=1S/C19H30N2O4S/c1-7-21(10-18(22)23)17-8-16(9-17)20-26(24,25)19-14(5)12(3)11(2)13(4)15(19)6/h16-17,20H,7-10H2,1-6H3,(H,22,23). The number of hydrogen-bond donors (Lipinski definition) is 2. The molecule has 6 nitrogen and oxygen atoms in total. The molecule has 7 heteroatoms. The molecular weight excluding hydrogens is 352 g/mol. The summed E-state index contributed by atoms with van der Waals surface area (Å²) in [7, 11) is -3.61. The average Bonchev–Trinajstić information content (AvgIpc) is 2.52. The smallest absolute Gasteiger partial charge is 0.317 e. The van der Waals surface area contributed by atoms with Crippen LogP contribution >= 0.6 is 0 Å². The highest BCUT2D eigenvalue weighted by molar-refractivity contribution is 7.89. The van der Waals surface area contributed by atoms with E-state index in [1.54, 1.807) is 0 Å². The molecule has 1 fully saturated rings. The number of hydrogen-bond acceptors (Lipinski definition) is 4. The van der Waals surface area contributed by atoms with E-state index in [0.717, 1.165) is 27.8 Å². The Labute approximate surface area is 156 Å². The maximum atomic E-state index is 13.0. The van der Waals surface area contributed by atoms with Gasteiger partial charge in [0.25, 0.3) is 0 Å². The molecule has 1 aromatic rings. The van der Waals surface area contributed by atoms with Crippen LogP contribution in [0.1, 0.15) is 47.6 Å². The van der Waals surface area contributed by atoms with Gasteiger partial charge in [-0.3, -0.25) is 9.69 Å². The molecule has 0 saturated heterocycles. The summed E-state index contributed by atoms with van der Waals surface area (Å²) in [5.74, 6) is -0.854. The van der Waals surface area contributed by atoms with Crippen LogP contribution in [0.2, 0.25) is 0 Å². The largest absolute Gasteiger partial charge is 0.480 e. The fraction of sp³-hybridized carbons (Fsp3) is 0.632. The van der Waals surface area contributed by atoms with Gasteiger partial charge in [0.2, 0.25) is 10.0 Å². The van der Waals surface area contributed by atoms with Crippen LogP contribution in [0.3, 0.4) is 0 Å². The zero-order chi connectivity index (χ0) is 19.8. The number of rotatable bonds is 7. The minimum Gasteiger partial charge on any atom is -0.480 e. The first-order chi connectivity index (χ1) is 12.0. The van der Waals surface area contributed by atoms with Crippen molar-refractivity contribution in [1.29, 1.82) is 0 Å². The zero-order valence-electron chi connectivity index (χ0n) is 16.5. The molecule has 2 N–H and O–H groups in total. The SMILES string of the molecule is CCN(CC(=O)O)C1CC(NS(=O)(=O)c2c(C)c(C)c(C)c(C)c2C)C1. The minimum absolute atomic E-state index is 0.00476. The first-order valence-corrected chi connectivity index (χ1v) is 10.5. The summed E-state index contributed by atoms with van der Waals surface area (Å²) < 4.78 is 28.8. The summed E-state index contributed by atoms with van der Waals surface area (Å²) in [5, 5.41) is 8.97. The van der Waals surface area contributed by atoms with E-state index < -0.39 is 16.0 Å². The molecule has 0 amide bonds. The van der Waals surface area contributed by atoms with Gasteiger partial charge in [-0.05, 0) is 81.8 Å². The second kappa shape index (κ2) is 7.66. The highest BCUT2D eigenvalue weighted by atomic mass is 32.2. The molecule has 0 aliphatic heterocycles. The average molecular weight is 383 g/mol. The molecule has 0 spiro atoms. The van der Waals surface area contributed by atoms with E-state index in [1.807, 2.05) is 46.4 Å². The van der Waals surface area contributed by atoms with Crippen molar-refractivity contribution in [2.24, 2.45) is 0 Å². The third kappa shape index (κ3) is 3.94. The van der Waals surface area contributed by atoms with Crippen molar-refractivity contribution in [2.75, 3.05) is 13.1 Å². The normalized spacial score (nSPS) is 20.3. The topological polar surface area (TPSA) is 86.7 Å². The Hall–Kier alpha value is -1.44. The second-order valence-electron chi connectivity index (χ2n) is 7.35. The Bertz CT molecular complexity index is 782. The molecule has 0 heterocycles. The Balaban J connectivity index is 2.16. The Morgan fingerprint density at radius 3 is 1.92 bits per heavy atom. The molecule has 0 radical (unpaired) electrons. The van der Waals surface area contributed by atoms with E-state index in [2.05, 4.69) is 4.72 Å². The van der Waals surface area contributed by atoms with Gasteiger partial charge in [0.05, 0.1) is 11.4 Å². The van der Waals surface area contributed by atoms with Gasteiger partial charge in [-0.25, -0.2) is 13.1 Å². The molecule has 1 saturated carbocycles. The molecular formula is C19H30N2O4S. The molecule has 1 aromatic carbocycles. The van der Waals surface area contributed by atoms with Crippen LogP contribution in [0.15, 0.2) is 4.90 Å². The lowest BCUT2D eigenvalue weighted by Gasteiger charge is -2.42. The molecule has 1 aliphatic carbocycles. The summed E-state index contributed by atoms with van der Waals surface area (Å²) in [6.45, 7) is 12.2. The van der Waals surface area contributed by atoms with Crippen molar-refractivity contribution in [2.45, 2.75) is 71.4 Å². The monoisotopic (exact) mass is 382 g/mol. The van der Waals surface area contributed by atoms with Gasteiger partial charge < -0.3 is 5.11 Å². The summed E-state index contributed by atoms with van der Waals surface area (Å²) in [6, 6.07) is -0.0268. The van der Waals surface area contributed by atoms with Gasteiger partial charge in [0, 0.05) is 12.1 Å². The molecule has 0 unspecified atom stereocenters. The number of aliphatic carboxylic acids is 1. The van der Waals surface area contributed by atoms with Crippen molar-refractivity contribution in [1.82, 2.24) is 9.62 Å². The first kappa shape index (κ1) is 20.9. The summed E-state index contributed by atoms with van der Waals surface area (Å²) in [4.78, 5) is 13.2. The van der Waals surface area contributed by atoms with Crippen molar-refractivity contribution in [3.63, 3.8) is 0 Å². The Kier molecular flexibility index (Phi) is 6.15. The zero-order valence-corrected chi connectivity index (χ0v) is 17.3. The lowest BCUT2D eigenvalue weighted by Crippen LogP contribution is -2.54. The fourth-order valence-corrected chi connectivity index (χ4v) is 5.66. The maximum absolute atomic E-state index is 13.0. The maximum Gasteiger partial charge on any atom is 0.317 e. The molecule has 0 atom stereocenters. The molecule has 0 bridgehead atoms. The van der Waals surface area contributed by atoms with E-state index in [1.165, 1.54) is 0 Å². The number of carbonyl (C=O) groups is 1. The van der Waals surface area contributed by atoms with Crippen molar-refractivity contribution in [3.8, 4) is 0 Å². The van der Waals surface area contributed by atoms with Gasteiger partial charge in [0.15, 0.2) is 0 Å². The number of likely N-dealkylation sites (N-methyl/N-ethyl adjacent to an activating group) is 1. The number of carboxylic acid groups (broad SMARTS) is 1. The second-order valence-corrected chi connectivity index (χ2v) is 9.01. The van der Waals surface area contributed by atoms with Crippen LogP contribution in [0, 0.1) is 34.6 Å². The molecule has 1 aliphatic rings. The van der Waals surface area contributed by atoms with Crippen LogP contribution in [0.25, 0.3) is 0 Å². The third-order valence-electron chi connectivity index (χ3n) is 5.90. The minimum atomic E-state index is -3.61. The number of nitrogens with zero attached hydrogens (tertiary/aromatic N) is 1. The van der Waals surface area contributed by atoms with Crippen LogP contribution < -0.4 is 4.72 Å². The molecule has 2 rings (SSSR count). The Morgan fingerprint density at radius 1 is 1.04 bits per heavy atom. The van der Waals surface area contributed by atoms with Crippen LogP contribution in [-0.4, -0.2) is 49.6 Å². The molecule has 0 aromatic heterocycles. The van der Waals surface area contributed by atoms with E-state index >= 15 is 0 Å². The number of sulfonamides is 1. The van der Waals surface area contributed by atoms with Crippen molar-refractivity contribution < 1.29 is 18.3 Å². The summed E-state index contributed by atoms with van der Waals surface area (Å²) in [5.41, 5.74) is 4.76. The third-order valence-corrected chi connectivity index (χ3v) is 7.69. The molecule has 146 valence electrons. The number of nitrogens with one attached hydrogen (secondary N) is 1. The lowest BCUT2D eigenvalue weighted by molar-refractivity contribution is -0.139. The predicted octanol–water partition coefficient (Wildman–Crippen LogP) is 2.44. The van der Waals surface area contributed by atoms with Gasteiger partial charge in [-0.15, -0.1) is 0 Å². The van der Waals surface area contributed by atoms with Crippen LogP contribution in [0.4, 0.5) is 0 Å². The number of carboxylic acids is 1. The molecule has 26 heavy (non-hydrogen) atoms. The quantitative estimate of drug-likeness (QED) is 0.756. The van der Waals surface area contributed by atoms with Crippen LogP contribution in [0.5, 0.6) is 0 Å². The van der Waals surface area contributed by atoms with E-state index in [9.17, 15) is 13.2 Å². The van der Waals surface area contributed by atoms with Gasteiger partial charge in [-0.2, -0.15) is 0 Å². The Morgan fingerprint density at radius 2 is 1.50 bits per heavy atom. The summed E-state index contributed by atoms with van der Waals surface area (Å²) in [6.07, 6.45) is 1.28. The predicted molar refractivity (Wildman–Crippen MR) is 102 cm³/mol. The van der Waals surface area contributed by atoms with E-state index in [-0.39, 0.29) is 18.6 Å². The highest BCUT2D eigenvalue weighted by Gasteiger charge is 2.37. The van der Waals surface area contributed by atoms with E-state index in [0.29, 0.717) is 24.3 Å². The van der Waals surface area contributed by atoms with Gasteiger partial charge >= 0.3 is 5.97 Å². The van der Waals surface area contributed by atoms with Gasteiger partial charge in [0.1, 0.15) is 0 Å². The lowest BCUT2D eigenvalue weighted by atomic mass is 9.86. The number of benzene rings is 1. The fourth-order valence-electron chi connectivity index (χ4n) is 3.80. The van der Waals surface area contributed by atoms with Crippen LogP contribution in [-0.2, 0) is 14.8 Å². The first-order valence-electron chi connectivity index (χ1n) is 9.04. The summed E-state index contributed by atoms with van der Waals surface area (Å²) >= 11 is 0. The van der Waals surface area contributed by atoms with Gasteiger partial charge in [-0.1, -0.05) is 6.92 Å². The van der Waals surface area contributed by atoms with E-state index in [4.69, 9.17) is 5.11 Å². The van der Waals surface area contributed by atoms with Crippen molar-refractivity contribution in [3.05, 3.63) is 27.8 Å². The highest BCUT2D eigenvalue weighted by Crippen LogP contribution is 2.32. The van der Waals surface area contributed by atoms with Crippen molar-refractivity contribution >= 4 is 16.0 Å².